The van der Waals surface area contributed by atoms with Crippen LogP contribution in [0.15, 0.2) is 28.7 Å². The van der Waals surface area contributed by atoms with E-state index in [9.17, 15) is 0 Å². The highest BCUT2D eigenvalue weighted by atomic mass is 79.9. The zero-order chi connectivity index (χ0) is 14.4. The van der Waals surface area contributed by atoms with Crippen LogP contribution < -0.4 is 14.8 Å². The molecule has 0 spiro atoms. The number of halogens is 1. The van der Waals surface area contributed by atoms with Gasteiger partial charge in [0.15, 0.2) is 0 Å². The van der Waals surface area contributed by atoms with Crippen LogP contribution in [0.4, 0.5) is 5.95 Å². The van der Waals surface area contributed by atoms with Gasteiger partial charge < -0.3 is 14.8 Å². The third-order valence-electron chi connectivity index (χ3n) is 2.21. The lowest BCUT2D eigenvalue weighted by atomic mass is 10.3. The summed E-state index contributed by atoms with van der Waals surface area (Å²) in [7, 11) is 0. The van der Waals surface area contributed by atoms with E-state index >= 15 is 0 Å². The number of anilines is 1. The smallest absolute Gasteiger partial charge is 0.330 e. The van der Waals surface area contributed by atoms with Crippen molar-refractivity contribution in [2.75, 3.05) is 18.5 Å². The number of hydrogen-bond donors (Lipinski definition) is 1. The number of nitrogens with one attached hydrogen (secondary N) is 1. The van der Waals surface area contributed by atoms with Crippen molar-refractivity contribution in [3.05, 3.63) is 28.7 Å². The minimum absolute atomic E-state index is 0.192. The number of nitrogens with zero attached hydrogens (tertiary/aromatic N) is 3. The normalized spacial score (nSPS) is 10.2. The molecule has 106 valence electrons. The predicted octanol–water partition coefficient (Wildman–Crippen LogP) is 3.26. The van der Waals surface area contributed by atoms with Gasteiger partial charge in [0.05, 0.1) is 6.61 Å². The lowest BCUT2D eigenvalue weighted by molar-refractivity contribution is 0.304. The van der Waals surface area contributed by atoms with Crippen LogP contribution in [0.5, 0.6) is 17.8 Å². The summed E-state index contributed by atoms with van der Waals surface area (Å²) in [6.07, 6.45) is 0. The molecule has 0 bridgehead atoms. The average Bonchev–Trinajstić information content (AvgIpc) is 2.39. The monoisotopic (exact) mass is 338 g/mol. The van der Waals surface area contributed by atoms with Gasteiger partial charge in [-0.3, -0.25) is 0 Å². The number of rotatable bonds is 6. The lowest BCUT2D eigenvalue weighted by Crippen LogP contribution is -2.07. The molecule has 1 aromatic carbocycles. The second-order valence-corrected chi connectivity index (χ2v) is 4.66. The van der Waals surface area contributed by atoms with Crippen LogP contribution in [0.25, 0.3) is 0 Å². The lowest BCUT2D eigenvalue weighted by Gasteiger charge is -2.08. The molecule has 0 saturated carbocycles. The molecule has 0 amide bonds. The summed E-state index contributed by atoms with van der Waals surface area (Å²) in [4.78, 5) is 12.4. The Morgan fingerprint density at radius 2 is 1.95 bits per heavy atom. The Kier molecular flexibility index (Phi) is 5.11. The molecule has 0 radical (unpaired) electrons. The SMILES string of the molecule is CCNc1nc(OCC)nc(Oc2cccc(Br)c2)n1. The van der Waals surface area contributed by atoms with Crippen molar-refractivity contribution in [1.82, 2.24) is 15.0 Å². The van der Waals surface area contributed by atoms with Crippen LogP contribution in [0.2, 0.25) is 0 Å². The molecule has 2 aromatic rings. The minimum Gasteiger partial charge on any atom is -0.464 e. The number of aromatic nitrogens is 3. The van der Waals surface area contributed by atoms with Gasteiger partial charge in [-0.25, -0.2) is 0 Å². The summed E-state index contributed by atoms with van der Waals surface area (Å²) < 4.78 is 11.8. The average molecular weight is 339 g/mol. The Labute approximate surface area is 125 Å². The van der Waals surface area contributed by atoms with Gasteiger partial charge in [-0.15, -0.1) is 4.98 Å². The molecule has 0 fully saturated rings. The summed E-state index contributed by atoms with van der Waals surface area (Å²) in [6, 6.07) is 7.87. The molecule has 7 heteroatoms. The Morgan fingerprint density at radius 3 is 2.65 bits per heavy atom. The molecule has 0 atom stereocenters. The van der Waals surface area contributed by atoms with Gasteiger partial charge in [-0.05, 0) is 32.0 Å². The Hall–Kier alpha value is -1.89. The van der Waals surface area contributed by atoms with Gasteiger partial charge in [-0.2, -0.15) is 9.97 Å². The van der Waals surface area contributed by atoms with Crippen LogP contribution in [0.1, 0.15) is 13.8 Å². The third-order valence-corrected chi connectivity index (χ3v) is 2.70. The maximum Gasteiger partial charge on any atom is 0.330 e. The van der Waals surface area contributed by atoms with E-state index in [0.29, 0.717) is 24.8 Å². The first-order chi connectivity index (χ1) is 9.71. The van der Waals surface area contributed by atoms with Crippen LogP contribution >= 0.6 is 15.9 Å². The Balaban J connectivity index is 2.25. The van der Waals surface area contributed by atoms with Crippen molar-refractivity contribution >= 4 is 21.9 Å². The molecule has 2 rings (SSSR count). The molecule has 0 unspecified atom stereocenters. The minimum atomic E-state index is 0.192. The molecule has 0 aliphatic carbocycles. The fraction of sp³-hybridized carbons (Fsp3) is 0.308. The van der Waals surface area contributed by atoms with E-state index in [1.54, 1.807) is 0 Å². The van der Waals surface area contributed by atoms with Crippen LogP contribution in [-0.4, -0.2) is 28.1 Å². The van der Waals surface area contributed by atoms with Gasteiger partial charge in [0, 0.05) is 11.0 Å². The fourth-order valence-corrected chi connectivity index (χ4v) is 1.83. The first kappa shape index (κ1) is 14.5. The second-order valence-electron chi connectivity index (χ2n) is 3.75. The largest absolute Gasteiger partial charge is 0.464 e. The highest BCUT2D eigenvalue weighted by Gasteiger charge is 2.09. The quantitative estimate of drug-likeness (QED) is 0.871. The Morgan fingerprint density at radius 1 is 1.15 bits per heavy atom. The highest BCUT2D eigenvalue weighted by molar-refractivity contribution is 9.10. The zero-order valence-corrected chi connectivity index (χ0v) is 12.8. The van der Waals surface area contributed by atoms with Crippen molar-refractivity contribution in [3.63, 3.8) is 0 Å². The van der Waals surface area contributed by atoms with Crippen LogP contribution in [0.3, 0.4) is 0 Å². The third kappa shape index (κ3) is 4.06. The topological polar surface area (TPSA) is 69.2 Å². The molecular formula is C13H15BrN4O2. The summed E-state index contributed by atoms with van der Waals surface area (Å²) in [5, 5.41) is 3.01. The van der Waals surface area contributed by atoms with E-state index in [4.69, 9.17) is 9.47 Å². The predicted molar refractivity (Wildman–Crippen MR) is 79.4 cm³/mol. The zero-order valence-electron chi connectivity index (χ0n) is 11.3. The highest BCUT2D eigenvalue weighted by Crippen LogP contribution is 2.23. The summed E-state index contributed by atoms with van der Waals surface area (Å²) in [6.45, 7) is 5.00. The molecule has 6 nitrogen and oxygen atoms in total. The van der Waals surface area contributed by atoms with Gasteiger partial charge in [0.1, 0.15) is 5.75 Å². The van der Waals surface area contributed by atoms with E-state index in [2.05, 4.69) is 36.2 Å². The molecule has 1 heterocycles. The van der Waals surface area contributed by atoms with E-state index in [-0.39, 0.29) is 12.0 Å². The maximum absolute atomic E-state index is 5.62. The molecule has 1 N–H and O–H groups in total. The van der Waals surface area contributed by atoms with Gasteiger partial charge >= 0.3 is 12.0 Å². The van der Waals surface area contributed by atoms with Crippen molar-refractivity contribution in [3.8, 4) is 17.8 Å². The number of hydrogen-bond acceptors (Lipinski definition) is 6. The first-order valence-electron chi connectivity index (χ1n) is 6.27. The first-order valence-corrected chi connectivity index (χ1v) is 7.06. The second kappa shape index (κ2) is 7.04. The van der Waals surface area contributed by atoms with Crippen LogP contribution in [0, 0.1) is 0 Å². The molecule has 20 heavy (non-hydrogen) atoms. The summed E-state index contributed by atoms with van der Waals surface area (Å²) >= 11 is 3.38. The molecular weight excluding hydrogens is 324 g/mol. The van der Waals surface area contributed by atoms with Crippen molar-refractivity contribution in [2.24, 2.45) is 0 Å². The Bertz CT molecular complexity index is 556. The summed E-state index contributed by atoms with van der Waals surface area (Å²) in [5.41, 5.74) is 0. The number of ether oxygens (including phenoxy) is 2. The van der Waals surface area contributed by atoms with E-state index in [1.807, 2.05) is 38.1 Å². The molecule has 0 saturated heterocycles. The number of benzene rings is 1. The molecule has 1 aromatic heterocycles. The van der Waals surface area contributed by atoms with Gasteiger partial charge in [0.25, 0.3) is 0 Å². The summed E-state index contributed by atoms with van der Waals surface area (Å²) in [5.74, 6) is 1.06. The van der Waals surface area contributed by atoms with Crippen molar-refractivity contribution in [2.45, 2.75) is 13.8 Å². The maximum atomic E-state index is 5.62. The van der Waals surface area contributed by atoms with E-state index in [1.165, 1.54) is 0 Å². The standard InChI is InChI=1S/C13H15BrN4O2/c1-3-15-11-16-12(19-4-2)18-13(17-11)20-10-7-5-6-9(14)8-10/h5-8H,3-4H2,1-2H3,(H,15,16,17,18). The van der Waals surface area contributed by atoms with E-state index < -0.39 is 0 Å². The van der Waals surface area contributed by atoms with Crippen LogP contribution in [-0.2, 0) is 0 Å². The van der Waals surface area contributed by atoms with Crippen molar-refractivity contribution < 1.29 is 9.47 Å². The molecule has 0 aliphatic heterocycles. The van der Waals surface area contributed by atoms with Crippen molar-refractivity contribution in [1.29, 1.82) is 0 Å². The van der Waals surface area contributed by atoms with E-state index in [0.717, 1.165) is 4.47 Å². The molecule has 0 aliphatic rings. The van der Waals surface area contributed by atoms with Gasteiger partial charge in [0.2, 0.25) is 5.95 Å². The van der Waals surface area contributed by atoms with Gasteiger partial charge in [-0.1, -0.05) is 22.0 Å². The fourth-order valence-electron chi connectivity index (χ4n) is 1.45.